The molecule has 0 saturated carbocycles. The van der Waals surface area contributed by atoms with E-state index in [1.54, 1.807) is 0 Å². The number of halogens is 1. The first kappa shape index (κ1) is 9.91. The highest BCUT2D eigenvalue weighted by molar-refractivity contribution is 7.81. The molecule has 1 aliphatic rings. The lowest BCUT2D eigenvalue weighted by atomic mass is 10.1. The van der Waals surface area contributed by atoms with Gasteiger partial charge in [0.1, 0.15) is 5.75 Å². The first-order valence-electron chi connectivity index (χ1n) is 4.01. The molecule has 1 aliphatic heterocycles. The molecule has 0 bridgehead atoms. The van der Waals surface area contributed by atoms with Gasteiger partial charge in [-0.1, -0.05) is 3.89 Å². The van der Waals surface area contributed by atoms with Gasteiger partial charge in [0, 0.05) is 5.69 Å². The quantitative estimate of drug-likeness (QED) is 0.763. The van der Waals surface area contributed by atoms with Gasteiger partial charge < -0.3 is 9.50 Å². The van der Waals surface area contributed by atoms with Gasteiger partial charge in [-0.15, -0.1) is 0 Å². The molecule has 0 atom stereocenters. The van der Waals surface area contributed by atoms with Crippen LogP contribution in [0.3, 0.4) is 0 Å². The molecule has 1 aromatic carbocycles. The van der Waals surface area contributed by atoms with E-state index in [2.05, 4.69) is 9.50 Å². The van der Waals surface area contributed by atoms with Gasteiger partial charge in [-0.3, -0.25) is 4.79 Å². The summed E-state index contributed by atoms with van der Waals surface area (Å²) in [6.45, 7) is 0. The van der Waals surface area contributed by atoms with Gasteiger partial charge in [-0.25, -0.2) is 0 Å². The van der Waals surface area contributed by atoms with Crippen molar-refractivity contribution in [3.05, 3.63) is 23.8 Å². The second kappa shape index (κ2) is 3.20. The van der Waals surface area contributed by atoms with Crippen LogP contribution in [0.2, 0.25) is 0 Å². The number of carbonyl (C=O) groups is 1. The summed E-state index contributed by atoms with van der Waals surface area (Å²) in [7, 11) is -5.01. The SMILES string of the molecule is O=C1Cc2cc(OS(=O)(=O)F)ccc2N1. The minimum Gasteiger partial charge on any atom is -0.358 e. The van der Waals surface area contributed by atoms with E-state index in [4.69, 9.17) is 0 Å². The van der Waals surface area contributed by atoms with Crippen molar-refractivity contribution in [3.63, 3.8) is 0 Å². The third-order valence-corrected chi connectivity index (χ3v) is 2.29. The van der Waals surface area contributed by atoms with Gasteiger partial charge in [0.2, 0.25) is 5.91 Å². The lowest BCUT2D eigenvalue weighted by Gasteiger charge is -2.02. The zero-order valence-corrected chi connectivity index (χ0v) is 8.17. The summed E-state index contributed by atoms with van der Waals surface area (Å²) in [6.07, 6.45) is 0.138. The van der Waals surface area contributed by atoms with E-state index in [9.17, 15) is 17.1 Å². The Labute approximate surface area is 85.3 Å². The molecule has 0 unspecified atom stereocenters. The van der Waals surface area contributed by atoms with Gasteiger partial charge in [0.05, 0.1) is 6.42 Å². The lowest BCUT2D eigenvalue weighted by Crippen LogP contribution is -2.03. The average Bonchev–Trinajstić information content (AvgIpc) is 2.40. The Bertz CT molecular complexity index is 525. The summed E-state index contributed by atoms with van der Waals surface area (Å²) in [5, 5.41) is 2.55. The third-order valence-electron chi connectivity index (χ3n) is 1.90. The maximum absolute atomic E-state index is 12.2. The standard InChI is InChI=1S/C8H6FNO4S/c9-15(12,13)14-6-1-2-7-5(3-6)4-8(11)10-7/h1-3H,4H2,(H,10,11). The topological polar surface area (TPSA) is 72.5 Å². The molecule has 7 heteroatoms. The van der Waals surface area contributed by atoms with E-state index in [1.165, 1.54) is 18.2 Å². The molecule has 0 aromatic heterocycles. The monoisotopic (exact) mass is 231 g/mol. The number of carbonyl (C=O) groups excluding carboxylic acids is 1. The molecule has 0 radical (unpaired) electrons. The first-order valence-corrected chi connectivity index (χ1v) is 5.32. The fourth-order valence-corrected chi connectivity index (χ4v) is 1.71. The van der Waals surface area contributed by atoms with Gasteiger partial charge in [-0.05, 0) is 23.8 Å². The zero-order valence-electron chi connectivity index (χ0n) is 7.36. The zero-order chi connectivity index (χ0) is 11.1. The highest BCUT2D eigenvalue weighted by atomic mass is 32.3. The molecule has 1 amide bonds. The Morgan fingerprint density at radius 3 is 2.80 bits per heavy atom. The van der Waals surface area contributed by atoms with Gasteiger partial charge in [0.25, 0.3) is 0 Å². The average molecular weight is 231 g/mol. The number of rotatable bonds is 2. The van der Waals surface area contributed by atoms with Gasteiger partial charge >= 0.3 is 10.5 Å². The molecule has 0 aliphatic carbocycles. The summed E-state index contributed by atoms with van der Waals surface area (Å²) < 4.78 is 36.6. The van der Waals surface area contributed by atoms with E-state index in [-0.39, 0.29) is 18.1 Å². The van der Waals surface area contributed by atoms with Crippen molar-refractivity contribution in [3.8, 4) is 5.75 Å². The molecule has 15 heavy (non-hydrogen) atoms. The van der Waals surface area contributed by atoms with Crippen molar-refractivity contribution in [2.24, 2.45) is 0 Å². The van der Waals surface area contributed by atoms with E-state index in [1.807, 2.05) is 0 Å². The summed E-state index contributed by atoms with van der Waals surface area (Å²) in [5.41, 5.74) is 1.17. The van der Waals surface area contributed by atoms with E-state index in [0.29, 0.717) is 11.3 Å². The fourth-order valence-electron chi connectivity index (χ4n) is 1.37. The predicted octanol–water partition coefficient (Wildman–Crippen LogP) is 0.774. The van der Waals surface area contributed by atoms with Crippen LogP contribution in [0.1, 0.15) is 5.56 Å². The maximum Gasteiger partial charge on any atom is 0.488 e. The molecule has 1 aromatic rings. The van der Waals surface area contributed by atoms with Crippen LogP contribution in [-0.2, 0) is 21.7 Å². The molecule has 2 rings (SSSR count). The number of hydrogen-bond acceptors (Lipinski definition) is 4. The Balaban J connectivity index is 2.31. The Morgan fingerprint density at radius 2 is 2.13 bits per heavy atom. The van der Waals surface area contributed by atoms with E-state index < -0.39 is 10.5 Å². The van der Waals surface area contributed by atoms with Crippen molar-refractivity contribution >= 4 is 22.1 Å². The van der Waals surface area contributed by atoms with Crippen molar-refractivity contribution in [2.75, 3.05) is 5.32 Å². The fraction of sp³-hybridized carbons (Fsp3) is 0.125. The third kappa shape index (κ3) is 2.24. The molecule has 0 fully saturated rings. The molecule has 1 heterocycles. The summed E-state index contributed by atoms with van der Waals surface area (Å²) in [6, 6.07) is 4.03. The minimum absolute atomic E-state index is 0.138. The second-order valence-corrected chi connectivity index (χ2v) is 3.97. The molecular weight excluding hydrogens is 225 g/mol. The minimum atomic E-state index is -5.01. The number of anilines is 1. The highest BCUT2D eigenvalue weighted by Crippen LogP contribution is 2.27. The molecule has 80 valence electrons. The number of hydrogen-bond donors (Lipinski definition) is 1. The maximum atomic E-state index is 12.2. The van der Waals surface area contributed by atoms with Crippen molar-refractivity contribution < 1.29 is 21.3 Å². The van der Waals surface area contributed by atoms with Gasteiger partial charge in [0.15, 0.2) is 0 Å². The van der Waals surface area contributed by atoms with E-state index >= 15 is 0 Å². The number of amides is 1. The van der Waals surface area contributed by atoms with Gasteiger partial charge in [-0.2, -0.15) is 8.42 Å². The molecule has 5 nitrogen and oxygen atoms in total. The lowest BCUT2D eigenvalue weighted by molar-refractivity contribution is -0.115. The summed E-state index contributed by atoms with van der Waals surface area (Å²) in [4.78, 5) is 11.0. The Kier molecular flexibility index (Phi) is 2.11. The molecule has 1 N–H and O–H groups in total. The molecule has 0 spiro atoms. The molecule has 0 saturated heterocycles. The molecular formula is C8H6FNO4S. The number of benzene rings is 1. The summed E-state index contributed by atoms with van der Waals surface area (Å²) in [5.74, 6) is -0.335. The van der Waals surface area contributed by atoms with Crippen LogP contribution in [0, 0.1) is 0 Å². The normalized spacial score (nSPS) is 14.6. The predicted molar refractivity (Wildman–Crippen MR) is 49.4 cm³/mol. The van der Waals surface area contributed by atoms with Crippen LogP contribution in [0.25, 0.3) is 0 Å². The summed E-state index contributed by atoms with van der Waals surface area (Å²) >= 11 is 0. The second-order valence-electron chi connectivity index (χ2n) is 3.02. The van der Waals surface area contributed by atoms with Crippen LogP contribution < -0.4 is 9.50 Å². The first-order chi connectivity index (χ1) is 6.94. The Hall–Kier alpha value is -1.63. The number of nitrogens with one attached hydrogen (secondary N) is 1. The van der Waals surface area contributed by atoms with Crippen LogP contribution in [0.4, 0.5) is 9.57 Å². The van der Waals surface area contributed by atoms with Crippen molar-refractivity contribution in [2.45, 2.75) is 6.42 Å². The Morgan fingerprint density at radius 1 is 1.40 bits per heavy atom. The van der Waals surface area contributed by atoms with Crippen LogP contribution in [-0.4, -0.2) is 14.3 Å². The van der Waals surface area contributed by atoms with Crippen molar-refractivity contribution in [1.82, 2.24) is 0 Å². The largest absolute Gasteiger partial charge is 0.488 e. The smallest absolute Gasteiger partial charge is 0.358 e. The van der Waals surface area contributed by atoms with Crippen LogP contribution in [0.15, 0.2) is 18.2 Å². The highest BCUT2D eigenvalue weighted by Gasteiger charge is 2.19. The van der Waals surface area contributed by atoms with Crippen molar-refractivity contribution in [1.29, 1.82) is 0 Å². The number of fused-ring (bicyclic) bond motifs is 1. The van der Waals surface area contributed by atoms with E-state index in [0.717, 1.165) is 0 Å². The van der Waals surface area contributed by atoms with Crippen LogP contribution >= 0.6 is 0 Å². The van der Waals surface area contributed by atoms with Crippen LogP contribution in [0.5, 0.6) is 5.75 Å².